The molecule has 1 aliphatic heterocycles. The Kier molecular flexibility index (Phi) is 4.68. The normalized spacial score (nSPS) is 16.8. The molecule has 6 heteroatoms. The molecule has 20 heavy (non-hydrogen) atoms. The predicted molar refractivity (Wildman–Crippen MR) is 75.2 cm³/mol. The first-order valence-electron chi connectivity index (χ1n) is 6.77. The fourth-order valence-electron chi connectivity index (χ4n) is 2.43. The minimum Gasteiger partial charge on any atom is -0.342 e. The van der Waals surface area contributed by atoms with Crippen molar-refractivity contribution in [3.8, 4) is 0 Å². The number of hydrogen-bond donors (Lipinski definition) is 0. The van der Waals surface area contributed by atoms with E-state index in [1.165, 1.54) is 12.1 Å². The lowest BCUT2D eigenvalue weighted by Crippen LogP contribution is -2.33. The zero-order chi connectivity index (χ0) is 14.5. The third-order valence-corrected chi connectivity index (χ3v) is 3.59. The van der Waals surface area contributed by atoms with Gasteiger partial charge >= 0.3 is 0 Å². The van der Waals surface area contributed by atoms with Crippen LogP contribution in [0.4, 0.5) is 5.69 Å². The second kappa shape index (κ2) is 6.47. The van der Waals surface area contributed by atoms with Crippen LogP contribution in [-0.4, -0.2) is 46.8 Å². The molecule has 0 spiro atoms. The van der Waals surface area contributed by atoms with Crippen LogP contribution in [0.2, 0.25) is 0 Å². The van der Waals surface area contributed by atoms with Crippen molar-refractivity contribution < 1.29 is 9.72 Å². The molecule has 1 heterocycles. The van der Waals surface area contributed by atoms with E-state index in [4.69, 9.17) is 0 Å². The van der Waals surface area contributed by atoms with Crippen LogP contribution in [-0.2, 0) is 11.3 Å². The average molecular weight is 277 g/mol. The number of benzene rings is 1. The van der Waals surface area contributed by atoms with Gasteiger partial charge in [-0.15, -0.1) is 0 Å². The monoisotopic (exact) mass is 277 g/mol. The highest BCUT2D eigenvalue weighted by Gasteiger charge is 2.16. The van der Waals surface area contributed by atoms with Gasteiger partial charge < -0.3 is 4.90 Å². The van der Waals surface area contributed by atoms with Crippen molar-refractivity contribution in [2.24, 2.45) is 0 Å². The zero-order valence-electron chi connectivity index (χ0n) is 11.6. The minimum atomic E-state index is -0.388. The van der Waals surface area contributed by atoms with Crippen molar-refractivity contribution in [2.75, 3.05) is 26.2 Å². The summed E-state index contributed by atoms with van der Waals surface area (Å²) in [7, 11) is 0. The molecule has 1 amide bonds. The molecule has 0 N–H and O–H groups in total. The zero-order valence-corrected chi connectivity index (χ0v) is 11.6. The highest BCUT2D eigenvalue weighted by atomic mass is 16.6. The molecule has 0 atom stereocenters. The largest absolute Gasteiger partial charge is 0.342 e. The number of non-ortho nitro benzene ring substituents is 1. The smallest absolute Gasteiger partial charge is 0.269 e. The van der Waals surface area contributed by atoms with Gasteiger partial charge in [0.05, 0.1) is 4.92 Å². The number of hydrogen-bond acceptors (Lipinski definition) is 4. The maximum absolute atomic E-state index is 11.4. The Balaban J connectivity index is 1.93. The van der Waals surface area contributed by atoms with Gasteiger partial charge in [0.1, 0.15) is 0 Å². The van der Waals surface area contributed by atoms with Gasteiger partial charge in [0.15, 0.2) is 0 Å². The molecule has 0 bridgehead atoms. The van der Waals surface area contributed by atoms with Crippen LogP contribution in [0.1, 0.15) is 18.9 Å². The molecule has 1 saturated heterocycles. The van der Waals surface area contributed by atoms with Crippen molar-refractivity contribution in [3.63, 3.8) is 0 Å². The fourth-order valence-corrected chi connectivity index (χ4v) is 2.43. The lowest BCUT2D eigenvalue weighted by Gasteiger charge is -2.21. The number of amides is 1. The fraction of sp³-hybridized carbons (Fsp3) is 0.500. The summed E-state index contributed by atoms with van der Waals surface area (Å²) in [6, 6.07) is 6.67. The van der Waals surface area contributed by atoms with E-state index in [9.17, 15) is 14.9 Å². The first kappa shape index (κ1) is 14.5. The van der Waals surface area contributed by atoms with Crippen LogP contribution in [0.3, 0.4) is 0 Å². The van der Waals surface area contributed by atoms with Crippen LogP contribution in [0.5, 0.6) is 0 Å². The van der Waals surface area contributed by atoms with Crippen LogP contribution in [0, 0.1) is 10.1 Å². The van der Waals surface area contributed by atoms with Crippen molar-refractivity contribution in [2.45, 2.75) is 19.9 Å². The Morgan fingerprint density at radius 2 is 1.90 bits per heavy atom. The summed E-state index contributed by atoms with van der Waals surface area (Å²) >= 11 is 0. The highest BCUT2D eigenvalue weighted by Crippen LogP contribution is 2.14. The molecule has 6 nitrogen and oxygen atoms in total. The lowest BCUT2D eigenvalue weighted by molar-refractivity contribution is -0.384. The molecule has 108 valence electrons. The summed E-state index contributed by atoms with van der Waals surface area (Å²) in [4.78, 5) is 25.7. The second-order valence-electron chi connectivity index (χ2n) is 5.06. The van der Waals surface area contributed by atoms with E-state index in [0.29, 0.717) is 0 Å². The summed E-state index contributed by atoms with van der Waals surface area (Å²) in [5.41, 5.74) is 1.18. The molecule has 0 aliphatic carbocycles. The summed E-state index contributed by atoms with van der Waals surface area (Å²) in [5.74, 6) is 0.127. The molecule has 1 aromatic carbocycles. The number of nitro groups is 1. The Bertz CT molecular complexity index is 487. The Morgan fingerprint density at radius 3 is 2.50 bits per heavy atom. The maximum Gasteiger partial charge on any atom is 0.269 e. The van der Waals surface area contributed by atoms with Crippen molar-refractivity contribution in [1.82, 2.24) is 9.80 Å². The number of rotatable bonds is 3. The highest BCUT2D eigenvalue weighted by molar-refractivity contribution is 5.73. The van der Waals surface area contributed by atoms with E-state index in [-0.39, 0.29) is 16.5 Å². The van der Waals surface area contributed by atoms with E-state index in [1.807, 2.05) is 4.90 Å². The molecule has 1 aromatic rings. The summed E-state index contributed by atoms with van der Waals surface area (Å²) in [6.45, 7) is 5.72. The van der Waals surface area contributed by atoms with Crippen LogP contribution in [0.15, 0.2) is 24.3 Å². The first-order valence-corrected chi connectivity index (χ1v) is 6.77. The molecule has 0 aromatic heterocycles. The quantitative estimate of drug-likeness (QED) is 0.622. The van der Waals surface area contributed by atoms with E-state index < -0.39 is 0 Å². The van der Waals surface area contributed by atoms with E-state index in [1.54, 1.807) is 19.1 Å². The van der Waals surface area contributed by atoms with Gasteiger partial charge in [0, 0.05) is 51.8 Å². The van der Waals surface area contributed by atoms with Crippen LogP contribution in [0.25, 0.3) is 0 Å². The van der Waals surface area contributed by atoms with Gasteiger partial charge in [-0.25, -0.2) is 0 Å². The van der Waals surface area contributed by atoms with Gasteiger partial charge in [-0.3, -0.25) is 19.8 Å². The van der Waals surface area contributed by atoms with Crippen molar-refractivity contribution in [1.29, 1.82) is 0 Å². The standard InChI is InChI=1S/C14H19N3O3/c1-12(18)16-8-2-7-15(9-10-16)11-13-3-5-14(6-4-13)17(19)20/h3-6H,2,7-11H2,1H3. The number of nitrogens with zero attached hydrogens (tertiary/aromatic N) is 3. The first-order chi connectivity index (χ1) is 9.56. The molecule has 1 fully saturated rings. The molecule has 2 rings (SSSR count). The lowest BCUT2D eigenvalue weighted by atomic mass is 10.2. The Hall–Kier alpha value is -1.95. The molecule has 1 aliphatic rings. The second-order valence-corrected chi connectivity index (χ2v) is 5.06. The topological polar surface area (TPSA) is 66.7 Å². The van der Waals surface area contributed by atoms with Gasteiger partial charge in [0.2, 0.25) is 5.91 Å². The van der Waals surface area contributed by atoms with E-state index in [2.05, 4.69) is 4.90 Å². The molecule has 0 unspecified atom stereocenters. The third kappa shape index (κ3) is 3.77. The number of carbonyl (C=O) groups is 1. The number of carbonyl (C=O) groups excluding carboxylic acids is 1. The third-order valence-electron chi connectivity index (χ3n) is 3.59. The van der Waals surface area contributed by atoms with Gasteiger partial charge in [-0.2, -0.15) is 0 Å². The van der Waals surface area contributed by atoms with Crippen molar-refractivity contribution in [3.05, 3.63) is 39.9 Å². The maximum atomic E-state index is 11.4. The average Bonchev–Trinajstić information content (AvgIpc) is 2.65. The van der Waals surface area contributed by atoms with Gasteiger partial charge in [-0.05, 0) is 12.0 Å². The molecular formula is C14H19N3O3. The van der Waals surface area contributed by atoms with Crippen LogP contribution >= 0.6 is 0 Å². The number of nitro benzene ring substituents is 1. The minimum absolute atomic E-state index is 0.118. The molecular weight excluding hydrogens is 258 g/mol. The van der Waals surface area contributed by atoms with Gasteiger partial charge in [-0.1, -0.05) is 12.1 Å². The summed E-state index contributed by atoms with van der Waals surface area (Å²) in [6.07, 6.45) is 0.965. The van der Waals surface area contributed by atoms with Crippen LogP contribution < -0.4 is 0 Å². The van der Waals surface area contributed by atoms with E-state index >= 15 is 0 Å². The molecule has 0 saturated carbocycles. The summed E-state index contributed by atoms with van der Waals surface area (Å²) < 4.78 is 0. The predicted octanol–water partition coefficient (Wildman–Crippen LogP) is 1.65. The van der Waals surface area contributed by atoms with E-state index in [0.717, 1.165) is 44.7 Å². The summed E-state index contributed by atoms with van der Waals surface area (Å²) in [5, 5.41) is 10.6. The Morgan fingerprint density at radius 1 is 1.20 bits per heavy atom. The SMILES string of the molecule is CC(=O)N1CCCN(Cc2ccc([N+](=O)[O-])cc2)CC1. The Labute approximate surface area is 118 Å². The van der Waals surface area contributed by atoms with Gasteiger partial charge in [0.25, 0.3) is 5.69 Å². The molecule has 0 radical (unpaired) electrons. The van der Waals surface area contributed by atoms with Crippen molar-refractivity contribution >= 4 is 11.6 Å².